The van der Waals surface area contributed by atoms with Crippen LogP contribution in [0, 0.1) is 0 Å². The van der Waals surface area contributed by atoms with Gasteiger partial charge in [-0.15, -0.1) is 0 Å². The van der Waals surface area contributed by atoms with E-state index < -0.39 is 0 Å². The summed E-state index contributed by atoms with van der Waals surface area (Å²) in [6.45, 7) is 0.729. The van der Waals surface area contributed by atoms with Gasteiger partial charge in [0.05, 0.1) is 23.8 Å². The predicted molar refractivity (Wildman–Crippen MR) is 76.7 cm³/mol. The van der Waals surface area contributed by atoms with Crippen LogP contribution < -0.4 is 10.6 Å². The van der Waals surface area contributed by atoms with Gasteiger partial charge in [0.15, 0.2) is 0 Å². The second-order valence-electron chi connectivity index (χ2n) is 4.87. The lowest BCUT2D eigenvalue weighted by atomic mass is 10.1. The van der Waals surface area contributed by atoms with Crippen LogP contribution in [-0.2, 0) is 9.53 Å². The molecule has 1 saturated heterocycles. The molecule has 1 aromatic carbocycles. The Morgan fingerprint density at radius 3 is 2.80 bits per heavy atom. The van der Waals surface area contributed by atoms with Gasteiger partial charge in [-0.1, -0.05) is 12.1 Å². The number of rotatable bonds is 4. The molecule has 1 aliphatic heterocycles. The number of ether oxygens (including phenoxy) is 1. The molecule has 2 amide bonds. The summed E-state index contributed by atoms with van der Waals surface area (Å²) < 4.78 is 5.55. The fourth-order valence-corrected chi connectivity index (χ4v) is 2.30. The Bertz CT molecular complexity index is 482. The molecule has 0 bridgehead atoms. The molecule has 2 rings (SSSR count). The lowest BCUT2D eigenvalue weighted by molar-refractivity contribution is -0.119. The zero-order valence-corrected chi connectivity index (χ0v) is 11.6. The predicted octanol–water partition coefficient (Wildman–Crippen LogP) is 1.94. The van der Waals surface area contributed by atoms with E-state index in [1.165, 1.54) is 0 Å². The van der Waals surface area contributed by atoms with Gasteiger partial charge in [-0.25, -0.2) is 0 Å². The molecule has 1 aliphatic rings. The normalized spacial score (nSPS) is 18.4. The van der Waals surface area contributed by atoms with Crippen LogP contribution in [0.4, 0.5) is 5.69 Å². The molecule has 0 aromatic heterocycles. The summed E-state index contributed by atoms with van der Waals surface area (Å²) in [7, 11) is 1.57. The van der Waals surface area contributed by atoms with Crippen molar-refractivity contribution in [3.63, 3.8) is 0 Å². The van der Waals surface area contributed by atoms with Gasteiger partial charge in [-0.3, -0.25) is 9.59 Å². The van der Waals surface area contributed by atoms with Crippen molar-refractivity contribution in [3.05, 3.63) is 29.8 Å². The number of hydrogen-bond donors (Lipinski definition) is 2. The molecule has 0 spiro atoms. The number of amides is 2. The third kappa shape index (κ3) is 3.81. The number of anilines is 1. The number of carbonyl (C=O) groups excluding carboxylic acids is 2. The van der Waals surface area contributed by atoms with Crippen LogP contribution in [-0.4, -0.2) is 31.6 Å². The molecule has 1 fully saturated rings. The zero-order valence-electron chi connectivity index (χ0n) is 11.6. The van der Waals surface area contributed by atoms with E-state index in [1.807, 2.05) is 0 Å². The van der Waals surface area contributed by atoms with Crippen molar-refractivity contribution in [1.29, 1.82) is 0 Å². The van der Waals surface area contributed by atoms with E-state index >= 15 is 0 Å². The molecule has 1 atom stereocenters. The molecule has 20 heavy (non-hydrogen) atoms. The van der Waals surface area contributed by atoms with Crippen molar-refractivity contribution >= 4 is 17.5 Å². The molecular formula is C15H20N2O3. The monoisotopic (exact) mass is 276 g/mol. The Labute approximate surface area is 118 Å². The second kappa shape index (κ2) is 7.05. The van der Waals surface area contributed by atoms with Gasteiger partial charge in [-0.2, -0.15) is 0 Å². The fourth-order valence-electron chi connectivity index (χ4n) is 2.30. The van der Waals surface area contributed by atoms with Gasteiger partial charge < -0.3 is 15.4 Å². The Morgan fingerprint density at radius 2 is 2.10 bits per heavy atom. The van der Waals surface area contributed by atoms with Gasteiger partial charge in [-0.05, 0) is 31.4 Å². The lowest BCUT2D eigenvalue weighted by Crippen LogP contribution is -2.27. The van der Waals surface area contributed by atoms with Crippen molar-refractivity contribution in [2.75, 3.05) is 19.0 Å². The van der Waals surface area contributed by atoms with E-state index in [0.717, 1.165) is 25.9 Å². The highest BCUT2D eigenvalue weighted by atomic mass is 16.5. The zero-order chi connectivity index (χ0) is 14.4. The van der Waals surface area contributed by atoms with Gasteiger partial charge in [0, 0.05) is 13.7 Å². The largest absolute Gasteiger partial charge is 0.378 e. The number of carbonyl (C=O) groups is 2. The van der Waals surface area contributed by atoms with E-state index in [2.05, 4.69) is 10.6 Å². The highest BCUT2D eigenvalue weighted by Crippen LogP contribution is 2.18. The standard InChI is InChI=1S/C15H20N2O3/c1-16-15(19)12-7-2-3-8-13(12)17-14(18)10-11-6-4-5-9-20-11/h2-3,7-8,11H,4-6,9-10H2,1H3,(H,16,19)(H,17,18). The molecule has 108 valence electrons. The Kier molecular flexibility index (Phi) is 5.12. The van der Waals surface area contributed by atoms with Crippen LogP contribution in [0.1, 0.15) is 36.0 Å². The third-order valence-corrected chi connectivity index (χ3v) is 3.36. The summed E-state index contributed by atoms with van der Waals surface area (Å²) in [6.07, 6.45) is 3.42. The summed E-state index contributed by atoms with van der Waals surface area (Å²) in [5.41, 5.74) is 1.00. The summed E-state index contributed by atoms with van der Waals surface area (Å²) in [5.74, 6) is -0.330. The minimum Gasteiger partial charge on any atom is -0.378 e. The molecule has 1 aromatic rings. The number of benzene rings is 1. The first kappa shape index (κ1) is 14.5. The Morgan fingerprint density at radius 1 is 1.30 bits per heavy atom. The summed E-state index contributed by atoms with van der Waals surface area (Å²) in [6, 6.07) is 6.97. The molecule has 2 N–H and O–H groups in total. The minimum absolute atomic E-state index is 0.00378. The van der Waals surface area contributed by atoms with Crippen molar-refractivity contribution in [1.82, 2.24) is 5.32 Å². The molecular weight excluding hydrogens is 256 g/mol. The summed E-state index contributed by atoms with van der Waals surface area (Å²) in [4.78, 5) is 23.7. The average molecular weight is 276 g/mol. The molecule has 0 radical (unpaired) electrons. The van der Waals surface area contributed by atoms with Crippen LogP contribution in [0.15, 0.2) is 24.3 Å². The second-order valence-corrected chi connectivity index (χ2v) is 4.87. The van der Waals surface area contributed by atoms with Crippen molar-refractivity contribution < 1.29 is 14.3 Å². The van der Waals surface area contributed by atoms with E-state index in [9.17, 15) is 9.59 Å². The SMILES string of the molecule is CNC(=O)c1ccccc1NC(=O)CC1CCCCO1. The molecule has 0 saturated carbocycles. The van der Waals surface area contributed by atoms with Gasteiger partial charge in [0.1, 0.15) is 0 Å². The van der Waals surface area contributed by atoms with Crippen LogP contribution in [0.25, 0.3) is 0 Å². The minimum atomic E-state index is -0.213. The Balaban J connectivity index is 1.98. The molecule has 0 aliphatic carbocycles. The first-order chi connectivity index (χ1) is 9.70. The maximum absolute atomic E-state index is 12.0. The first-order valence-electron chi connectivity index (χ1n) is 6.93. The van der Waals surface area contributed by atoms with E-state index in [0.29, 0.717) is 17.7 Å². The molecule has 1 heterocycles. The van der Waals surface area contributed by atoms with Crippen LogP contribution in [0.3, 0.4) is 0 Å². The van der Waals surface area contributed by atoms with Crippen LogP contribution >= 0.6 is 0 Å². The maximum atomic E-state index is 12.0. The van der Waals surface area contributed by atoms with Crippen molar-refractivity contribution in [2.45, 2.75) is 31.8 Å². The van der Waals surface area contributed by atoms with Gasteiger partial charge >= 0.3 is 0 Å². The average Bonchev–Trinajstić information content (AvgIpc) is 2.48. The number of nitrogens with one attached hydrogen (secondary N) is 2. The lowest BCUT2D eigenvalue weighted by Gasteiger charge is -2.22. The highest BCUT2D eigenvalue weighted by Gasteiger charge is 2.19. The van der Waals surface area contributed by atoms with Gasteiger partial charge in [0.25, 0.3) is 5.91 Å². The summed E-state index contributed by atoms with van der Waals surface area (Å²) in [5, 5.41) is 5.35. The van der Waals surface area contributed by atoms with E-state index in [-0.39, 0.29) is 17.9 Å². The fraction of sp³-hybridized carbons (Fsp3) is 0.467. The van der Waals surface area contributed by atoms with E-state index in [1.54, 1.807) is 31.3 Å². The van der Waals surface area contributed by atoms with Crippen molar-refractivity contribution in [3.8, 4) is 0 Å². The first-order valence-corrected chi connectivity index (χ1v) is 6.93. The topological polar surface area (TPSA) is 67.4 Å². The van der Waals surface area contributed by atoms with Crippen LogP contribution in [0.5, 0.6) is 0 Å². The van der Waals surface area contributed by atoms with E-state index in [4.69, 9.17) is 4.74 Å². The molecule has 5 nitrogen and oxygen atoms in total. The van der Waals surface area contributed by atoms with Crippen molar-refractivity contribution in [2.24, 2.45) is 0 Å². The quantitative estimate of drug-likeness (QED) is 0.883. The summed E-state index contributed by atoms with van der Waals surface area (Å²) >= 11 is 0. The Hall–Kier alpha value is -1.88. The molecule has 5 heteroatoms. The molecule has 1 unspecified atom stereocenters. The maximum Gasteiger partial charge on any atom is 0.253 e. The number of para-hydroxylation sites is 1. The highest BCUT2D eigenvalue weighted by molar-refractivity contribution is 6.03. The smallest absolute Gasteiger partial charge is 0.253 e. The number of hydrogen-bond acceptors (Lipinski definition) is 3. The van der Waals surface area contributed by atoms with Crippen LogP contribution in [0.2, 0.25) is 0 Å². The van der Waals surface area contributed by atoms with Gasteiger partial charge in [0.2, 0.25) is 5.91 Å². The third-order valence-electron chi connectivity index (χ3n) is 3.36.